The summed E-state index contributed by atoms with van der Waals surface area (Å²) in [6.07, 6.45) is 1.47. The summed E-state index contributed by atoms with van der Waals surface area (Å²) >= 11 is 3.13. The number of carbonyl (C=O) groups is 1. The minimum absolute atomic E-state index is 0.0841. The molecular weight excluding hydrogens is 400 g/mol. The second-order valence-corrected chi connectivity index (χ2v) is 6.94. The smallest absolute Gasteiger partial charge is 0.363 e. The van der Waals surface area contributed by atoms with E-state index < -0.39 is 10.9 Å². The Morgan fingerprint density at radius 2 is 1.88 bits per heavy atom. The van der Waals surface area contributed by atoms with Crippen molar-refractivity contribution >= 4 is 39.6 Å². The molecule has 0 aliphatic carbocycles. The minimum atomic E-state index is -0.585. The molecule has 0 spiro atoms. The van der Waals surface area contributed by atoms with Crippen molar-refractivity contribution in [1.82, 2.24) is 0 Å². The molecule has 2 aromatic carbocycles. The summed E-state index contributed by atoms with van der Waals surface area (Å²) in [5, 5.41) is 11.0. The number of nitro groups is 1. The molecular formula is C19H15BrN2O4. The van der Waals surface area contributed by atoms with Crippen LogP contribution in [-0.4, -0.2) is 16.8 Å². The number of ether oxygens (including phenoxy) is 1. The third kappa shape index (κ3) is 3.72. The van der Waals surface area contributed by atoms with E-state index in [1.807, 2.05) is 24.3 Å². The Labute approximate surface area is 158 Å². The Morgan fingerprint density at radius 3 is 2.50 bits per heavy atom. The summed E-state index contributed by atoms with van der Waals surface area (Å²) in [4.78, 5) is 26.8. The van der Waals surface area contributed by atoms with Crippen molar-refractivity contribution in [1.29, 1.82) is 0 Å². The van der Waals surface area contributed by atoms with Crippen LogP contribution in [0.5, 0.6) is 0 Å². The first-order chi connectivity index (χ1) is 12.3. The molecule has 2 aromatic rings. The van der Waals surface area contributed by atoms with Crippen LogP contribution in [0.15, 0.2) is 57.6 Å². The number of cyclic esters (lactones) is 1. The summed E-state index contributed by atoms with van der Waals surface area (Å²) in [5.74, 6) is 0.0439. The number of hydrogen-bond donors (Lipinski definition) is 0. The van der Waals surface area contributed by atoms with Gasteiger partial charge >= 0.3 is 5.97 Å². The zero-order valence-electron chi connectivity index (χ0n) is 14.1. The number of nitrogens with zero attached hydrogens (tertiary/aromatic N) is 2. The fourth-order valence-corrected chi connectivity index (χ4v) is 2.85. The van der Waals surface area contributed by atoms with Gasteiger partial charge in [-0.2, -0.15) is 0 Å². The zero-order valence-corrected chi connectivity index (χ0v) is 15.7. The first-order valence-electron chi connectivity index (χ1n) is 7.92. The maximum Gasteiger partial charge on any atom is 0.363 e. The molecule has 0 unspecified atom stereocenters. The van der Waals surface area contributed by atoms with E-state index in [1.165, 1.54) is 17.7 Å². The monoisotopic (exact) mass is 414 g/mol. The van der Waals surface area contributed by atoms with Crippen LogP contribution in [0.2, 0.25) is 0 Å². The molecule has 6 nitrogen and oxygen atoms in total. The van der Waals surface area contributed by atoms with E-state index in [4.69, 9.17) is 4.74 Å². The van der Waals surface area contributed by atoms with Crippen molar-refractivity contribution in [2.75, 3.05) is 0 Å². The van der Waals surface area contributed by atoms with Crippen LogP contribution < -0.4 is 0 Å². The van der Waals surface area contributed by atoms with Gasteiger partial charge in [0.25, 0.3) is 5.69 Å². The predicted octanol–water partition coefficient (Wildman–Crippen LogP) is 4.83. The normalized spacial score (nSPS) is 15.3. The Morgan fingerprint density at radius 1 is 1.19 bits per heavy atom. The van der Waals surface area contributed by atoms with Gasteiger partial charge < -0.3 is 4.74 Å². The Bertz CT molecular complexity index is 947. The van der Waals surface area contributed by atoms with Crippen LogP contribution in [0.25, 0.3) is 6.08 Å². The lowest BCUT2D eigenvalue weighted by Crippen LogP contribution is -2.05. The van der Waals surface area contributed by atoms with Crippen molar-refractivity contribution in [2.45, 2.75) is 19.8 Å². The summed E-state index contributed by atoms with van der Waals surface area (Å²) in [6.45, 7) is 4.20. The zero-order chi connectivity index (χ0) is 18.8. The molecule has 0 bridgehead atoms. The molecule has 0 aromatic heterocycles. The van der Waals surface area contributed by atoms with Crippen LogP contribution in [0.1, 0.15) is 36.5 Å². The number of carbonyl (C=O) groups excluding carboxylic acids is 1. The van der Waals surface area contributed by atoms with E-state index in [-0.39, 0.29) is 17.3 Å². The number of rotatable bonds is 4. The number of nitro benzene ring substituents is 1. The highest BCUT2D eigenvalue weighted by Crippen LogP contribution is 2.28. The van der Waals surface area contributed by atoms with Gasteiger partial charge in [-0.15, -0.1) is 0 Å². The molecule has 0 amide bonds. The summed E-state index contributed by atoms with van der Waals surface area (Å²) < 4.78 is 5.60. The Balaban J connectivity index is 1.91. The van der Waals surface area contributed by atoms with Crippen LogP contribution in [0, 0.1) is 10.1 Å². The van der Waals surface area contributed by atoms with E-state index >= 15 is 0 Å². The van der Waals surface area contributed by atoms with Crippen LogP contribution in [-0.2, 0) is 9.53 Å². The van der Waals surface area contributed by atoms with Crippen LogP contribution in [0.3, 0.4) is 0 Å². The fourth-order valence-electron chi connectivity index (χ4n) is 2.46. The highest BCUT2D eigenvalue weighted by atomic mass is 79.9. The molecule has 1 aliphatic rings. The van der Waals surface area contributed by atoms with Crippen LogP contribution in [0.4, 0.5) is 5.69 Å². The third-order valence-electron chi connectivity index (χ3n) is 3.92. The largest absolute Gasteiger partial charge is 0.402 e. The molecule has 1 aliphatic heterocycles. The van der Waals surface area contributed by atoms with Gasteiger partial charge in [0.2, 0.25) is 5.90 Å². The lowest BCUT2D eigenvalue weighted by atomic mass is 10.0. The number of halogens is 1. The second-order valence-electron chi connectivity index (χ2n) is 6.08. The number of aliphatic imine (C=N–C) groups is 1. The van der Waals surface area contributed by atoms with Crippen molar-refractivity contribution in [3.05, 3.63) is 79.4 Å². The second kappa shape index (κ2) is 7.21. The Kier molecular flexibility index (Phi) is 4.99. The molecule has 7 heteroatoms. The summed E-state index contributed by atoms with van der Waals surface area (Å²) in [6, 6.07) is 12.2. The highest BCUT2D eigenvalue weighted by Gasteiger charge is 2.24. The molecule has 0 N–H and O–H groups in total. The molecule has 0 fully saturated rings. The van der Waals surface area contributed by atoms with E-state index in [0.717, 1.165) is 0 Å². The summed E-state index contributed by atoms with van der Waals surface area (Å²) in [5.41, 5.74) is 2.39. The van der Waals surface area contributed by atoms with Gasteiger partial charge in [0.15, 0.2) is 5.70 Å². The van der Waals surface area contributed by atoms with E-state index in [0.29, 0.717) is 21.5 Å². The maximum absolute atomic E-state index is 12.1. The van der Waals surface area contributed by atoms with Gasteiger partial charge in [-0.05, 0) is 57.2 Å². The Hall–Kier alpha value is -2.80. The molecule has 0 atom stereocenters. The SMILES string of the molecule is CC(C)c1ccc(C2=N/C(=C\c3ccc(Br)c([N+](=O)[O-])c3)C(=O)O2)cc1. The third-order valence-corrected chi connectivity index (χ3v) is 4.59. The first-order valence-corrected chi connectivity index (χ1v) is 8.71. The highest BCUT2D eigenvalue weighted by molar-refractivity contribution is 9.10. The van der Waals surface area contributed by atoms with Crippen LogP contribution >= 0.6 is 15.9 Å². The topological polar surface area (TPSA) is 81.8 Å². The molecule has 1 heterocycles. The fraction of sp³-hybridized carbons (Fsp3) is 0.158. The van der Waals surface area contributed by atoms with Crippen molar-refractivity contribution in [3.8, 4) is 0 Å². The number of hydrogen-bond acceptors (Lipinski definition) is 5. The van der Waals surface area contributed by atoms with Gasteiger partial charge in [0.1, 0.15) is 0 Å². The maximum atomic E-state index is 12.1. The van der Waals surface area contributed by atoms with Crippen molar-refractivity contribution in [3.63, 3.8) is 0 Å². The van der Waals surface area contributed by atoms with Crippen molar-refractivity contribution in [2.24, 2.45) is 4.99 Å². The standard InChI is InChI=1S/C19H15BrN2O4/c1-11(2)13-4-6-14(7-5-13)18-21-16(19(23)26-18)9-12-3-8-15(20)17(10-12)22(24)25/h3-11H,1-2H3/b16-9-. The van der Waals surface area contributed by atoms with Gasteiger partial charge in [-0.25, -0.2) is 9.79 Å². The van der Waals surface area contributed by atoms with Gasteiger partial charge in [-0.3, -0.25) is 10.1 Å². The average Bonchev–Trinajstić information content (AvgIpc) is 2.97. The number of benzene rings is 2. The average molecular weight is 415 g/mol. The predicted molar refractivity (Wildman–Crippen MR) is 102 cm³/mol. The molecule has 132 valence electrons. The molecule has 0 saturated carbocycles. The van der Waals surface area contributed by atoms with Gasteiger partial charge in [0.05, 0.1) is 9.40 Å². The molecule has 0 saturated heterocycles. The van der Waals surface area contributed by atoms with E-state index in [2.05, 4.69) is 34.8 Å². The van der Waals surface area contributed by atoms with E-state index in [9.17, 15) is 14.9 Å². The molecule has 26 heavy (non-hydrogen) atoms. The summed E-state index contributed by atoms with van der Waals surface area (Å²) in [7, 11) is 0. The molecule has 3 rings (SSSR count). The minimum Gasteiger partial charge on any atom is -0.402 e. The molecule has 0 radical (unpaired) electrons. The first kappa shape index (κ1) is 18.0. The number of esters is 1. The van der Waals surface area contributed by atoms with Gasteiger partial charge in [-0.1, -0.05) is 32.0 Å². The van der Waals surface area contributed by atoms with E-state index in [1.54, 1.807) is 12.1 Å². The quantitative estimate of drug-likeness (QED) is 0.310. The lowest BCUT2D eigenvalue weighted by molar-refractivity contribution is -0.385. The van der Waals surface area contributed by atoms with Crippen molar-refractivity contribution < 1.29 is 14.5 Å². The lowest BCUT2D eigenvalue weighted by Gasteiger charge is -2.05. The van der Waals surface area contributed by atoms with Gasteiger partial charge in [0, 0.05) is 11.6 Å².